The van der Waals surface area contributed by atoms with Gasteiger partial charge in [-0.3, -0.25) is 4.98 Å². The molecule has 4 aromatic rings. The van der Waals surface area contributed by atoms with Gasteiger partial charge in [-0.25, -0.2) is 8.42 Å². The first-order valence-corrected chi connectivity index (χ1v) is 11.0. The van der Waals surface area contributed by atoms with Crippen LogP contribution in [0.4, 0.5) is 0 Å². The maximum absolute atomic E-state index is 13.3. The van der Waals surface area contributed by atoms with Crippen LogP contribution in [0.2, 0.25) is 0 Å². The van der Waals surface area contributed by atoms with Crippen LogP contribution in [0.3, 0.4) is 0 Å². The minimum atomic E-state index is -3.62. The first-order valence-electron chi connectivity index (χ1n) is 9.57. The number of aryl methyl sites for hydroxylation is 1. The molecule has 1 fully saturated rings. The van der Waals surface area contributed by atoms with Crippen molar-refractivity contribution >= 4 is 26.6 Å². The molecule has 0 radical (unpaired) electrons. The number of pyridine rings is 1. The van der Waals surface area contributed by atoms with E-state index < -0.39 is 10.0 Å². The topological polar surface area (TPSA) is 93.4 Å². The molecule has 0 spiro atoms. The Hall–Kier alpha value is -2.91. The molecule has 0 N–H and O–H groups in total. The maximum atomic E-state index is 13.3. The van der Waals surface area contributed by atoms with Crippen molar-refractivity contribution in [3.63, 3.8) is 0 Å². The van der Waals surface area contributed by atoms with Gasteiger partial charge in [0.1, 0.15) is 4.90 Å². The van der Waals surface area contributed by atoms with Gasteiger partial charge < -0.3 is 0 Å². The van der Waals surface area contributed by atoms with Crippen molar-refractivity contribution in [3.05, 3.63) is 60.2 Å². The third kappa shape index (κ3) is 3.06. The van der Waals surface area contributed by atoms with Gasteiger partial charge in [-0.15, -0.1) is 10.2 Å². The highest BCUT2D eigenvalue weighted by molar-refractivity contribution is 7.89. The fraction of sp³-hybridized carbons (Fsp3) is 0.300. The van der Waals surface area contributed by atoms with Crippen LogP contribution >= 0.6 is 0 Å². The second-order valence-corrected chi connectivity index (χ2v) is 9.22. The molecule has 1 aliphatic heterocycles. The molecular formula is C20H20N6O2S. The Morgan fingerprint density at radius 3 is 2.62 bits per heavy atom. The lowest BCUT2D eigenvalue weighted by Gasteiger charge is -2.30. The summed E-state index contributed by atoms with van der Waals surface area (Å²) in [5.41, 5.74) is 2.12. The number of rotatable bonds is 3. The van der Waals surface area contributed by atoms with Gasteiger partial charge >= 0.3 is 0 Å². The fourth-order valence-electron chi connectivity index (χ4n) is 3.93. The van der Waals surface area contributed by atoms with Crippen LogP contribution in [0.5, 0.6) is 0 Å². The summed E-state index contributed by atoms with van der Waals surface area (Å²) in [6.45, 7) is 2.78. The Morgan fingerprint density at radius 2 is 1.79 bits per heavy atom. The largest absolute Gasteiger partial charge is 0.255 e. The molecule has 0 aliphatic carbocycles. The van der Waals surface area contributed by atoms with Gasteiger partial charge in [-0.1, -0.05) is 18.2 Å². The minimum absolute atomic E-state index is 0.122. The lowest BCUT2D eigenvalue weighted by molar-refractivity contribution is 0.311. The molecule has 9 heteroatoms. The summed E-state index contributed by atoms with van der Waals surface area (Å²) in [6, 6.07) is 12.8. The number of sulfonamides is 1. The predicted octanol–water partition coefficient (Wildman–Crippen LogP) is 2.55. The summed E-state index contributed by atoms with van der Waals surface area (Å²) < 4.78 is 29.9. The number of hydrogen-bond donors (Lipinski definition) is 0. The monoisotopic (exact) mass is 408 g/mol. The van der Waals surface area contributed by atoms with E-state index in [9.17, 15) is 8.42 Å². The van der Waals surface area contributed by atoms with Crippen molar-refractivity contribution in [2.24, 2.45) is 0 Å². The van der Waals surface area contributed by atoms with Crippen molar-refractivity contribution in [1.29, 1.82) is 0 Å². The lowest BCUT2D eigenvalue weighted by atomic mass is 9.97. The molecular weight excluding hydrogens is 388 g/mol. The second-order valence-electron chi connectivity index (χ2n) is 7.31. The van der Waals surface area contributed by atoms with E-state index in [1.54, 1.807) is 27.2 Å². The Balaban J connectivity index is 1.41. The second kappa shape index (κ2) is 6.85. The van der Waals surface area contributed by atoms with Crippen LogP contribution in [0.25, 0.3) is 16.6 Å². The Labute approximate surface area is 168 Å². The fourth-order valence-corrected chi connectivity index (χ4v) is 5.56. The highest BCUT2D eigenvalue weighted by Gasteiger charge is 2.33. The van der Waals surface area contributed by atoms with Crippen LogP contribution in [-0.4, -0.2) is 50.6 Å². The molecule has 0 unspecified atom stereocenters. The van der Waals surface area contributed by atoms with Crippen molar-refractivity contribution < 1.29 is 8.42 Å². The number of benzene rings is 1. The molecule has 0 saturated carbocycles. The van der Waals surface area contributed by atoms with Crippen molar-refractivity contribution in [2.45, 2.75) is 30.6 Å². The first-order chi connectivity index (χ1) is 14.0. The average molecular weight is 408 g/mol. The molecule has 5 rings (SSSR count). The van der Waals surface area contributed by atoms with Gasteiger partial charge in [0.05, 0.1) is 11.2 Å². The van der Waals surface area contributed by atoms with Crippen LogP contribution in [-0.2, 0) is 10.0 Å². The van der Waals surface area contributed by atoms with Crippen LogP contribution < -0.4 is 0 Å². The third-order valence-electron chi connectivity index (χ3n) is 5.45. The summed E-state index contributed by atoms with van der Waals surface area (Å²) in [4.78, 5) is 4.57. The third-order valence-corrected chi connectivity index (χ3v) is 7.38. The van der Waals surface area contributed by atoms with E-state index in [-0.39, 0.29) is 10.8 Å². The molecule has 1 saturated heterocycles. The average Bonchev–Trinajstić information content (AvgIpc) is 3.16. The molecule has 148 valence electrons. The molecule has 4 heterocycles. The molecule has 1 aliphatic rings. The summed E-state index contributed by atoms with van der Waals surface area (Å²) in [5, 5.41) is 13.8. The van der Waals surface area contributed by atoms with Gasteiger partial charge in [0, 0.05) is 30.6 Å². The number of piperidine rings is 1. The van der Waals surface area contributed by atoms with E-state index in [1.807, 2.05) is 37.3 Å². The zero-order chi connectivity index (χ0) is 20.0. The van der Waals surface area contributed by atoms with E-state index in [0.29, 0.717) is 37.1 Å². The van der Waals surface area contributed by atoms with E-state index in [2.05, 4.69) is 20.3 Å². The zero-order valence-corrected chi connectivity index (χ0v) is 16.7. The van der Waals surface area contributed by atoms with Gasteiger partial charge in [0.25, 0.3) is 0 Å². The number of nitrogens with zero attached hydrogens (tertiary/aromatic N) is 6. The van der Waals surface area contributed by atoms with E-state index in [0.717, 1.165) is 16.9 Å². The number of fused-ring (bicyclic) bond motifs is 2. The Morgan fingerprint density at radius 1 is 1.00 bits per heavy atom. The number of hydrogen-bond acceptors (Lipinski definition) is 6. The predicted molar refractivity (Wildman–Crippen MR) is 108 cm³/mol. The highest BCUT2D eigenvalue weighted by atomic mass is 32.2. The van der Waals surface area contributed by atoms with E-state index >= 15 is 0 Å². The first kappa shape index (κ1) is 18.1. The van der Waals surface area contributed by atoms with Crippen molar-refractivity contribution in [3.8, 4) is 0 Å². The molecule has 29 heavy (non-hydrogen) atoms. The van der Waals surface area contributed by atoms with Gasteiger partial charge in [-0.2, -0.15) is 13.9 Å². The number of aromatic nitrogens is 5. The molecule has 1 aromatic carbocycles. The molecule has 0 atom stereocenters. The summed E-state index contributed by atoms with van der Waals surface area (Å²) in [5.74, 6) is 0.920. The van der Waals surface area contributed by atoms with Crippen molar-refractivity contribution in [2.75, 3.05) is 13.1 Å². The summed E-state index contributed by atoms with van der Waals surface area (Å²) in [7, 11) is -3.62. The molecule has 0 amide bonds. The molecule has 3 aromatic heterocycles. The van der Waals surface area contributed by atoms with Gasteiger partial charge in [0.2, 0.25) is 10.0 Å². The highest BCUT2D eigenvalue weighted by Crippen LogP contribution is 2.31. The number of para-hydroxylation sites is 1. The molecule has 0 bridgehead atoms. The molecule has 8 nitrogen and oxygen atoms in total. The Kier molecular flexibility index (Phi) is 4.29. The summed E-state index contributed by atoms with van der Waals surface area (Å²) >= 11 is 0. The minimum Gasteiger partial charge on any atom is -0.255 e. The van der Waals surface area contributed by atoms with Gasteiger partial charge in [0.15, 0.2) is 11.5 Å². The smallest absolute Gasteiger partial charge is 0.245 e. The zero-order valence-electron chi connectivity index (χ0n) is 15.9. The van der Waals surface area contributed by atoms with Crippen LogP contribution in [0.15, 0.2) is 53.6 Å². The van der Waals surface area contributed by atoms with E-state index in [1.165, 1.54) is 0 Å². The lowest BCUT2D eigenvalue weighted by Crippen LogP contribution is -2.38. The maximum Gasteiger partial charge on any atom is 0.245 e. The standard InChI is InChI=1S/C20H20N6O2S/c1-14-7-8-18-22-23-20(26(18)24-14)16-9-12-25(13-10-16)29(27,28)17-6-2-4-15-5-3-11-21-19(15)17/h2-8,11,16H,9-10,12-13H2,1H3. The van der Waals surface area contributed by atoms with Crippen molar-refractivity contribution in [1.82, 2.24) is 29.1 Å². The van der Waals surface area contributed by atoms with Gasteiger partial charge in [-0.05, 0) is 44.0 Å². The van der Waals surface area contributed by atoms with Crippen LogP contribution in [0.1, 0.15) is 30.3 Å². The summed E-state index contributed by atoms with van der Waals surface area (Å²) in [6.07, 6.45) is 2.97. The van der Waals surface area contributed by atoms with E-state index in [4.69, 9.17) is 0 Å². The Bertz CT molecular complexity index is 1300. The normalized spacial score (nSPS) is 16.6. The van der Waals surface area contributed by atoms with Crippen LogP contribution in [0, 0.1) is 6.92 Å². The SMILES string of the molecule is Cc1ccc2nnc(C3CCN(S(=O)(=O)c4cccc5cccnc45)CC3)n2n1. The quantitative estimate of drug-likeness (QED) is 0.517.